The third-order valence-corrected chi connectivity index (χ3v) is 1.89. The molecular formula is C9H8N2O2. The van der Waals surface area contributed by atoms with E-state index in [1.54, 1.807) is 36.0 Å². The molecule has 2 heterocycles. The van der Waals surface area contributed by atoms with Crippen LogP contribution in [0.2, 0.25) is 0 Å². The number of hydrogen-bond acceptors (Lipinski definition) is 3. The molecule has 0 saturated carbocycles. The van der Waals surface area contributed by atoms with E-state index in [0.29, 0.717) is 11.4 Å². The number of carbonyl (C=O) groups is 1. The minimum atomic E-state index is 0.610. The van der Waals surface area contributed by atoms with Crippen LogP contribution in [0.4, 0.5) is 0 Å². The number of aldehydes is 1. The zero-order valence-corrected chi connectivity index (χ0v) is 7.10. The number of methoxy groups -OCH3 is 1. The number of nitrogens with zero attached hydrogens (tertiary/aromatic N) is 2. The molecule has 0 fully saturated rings. The zero-order chi connectivity index (χ0) is 9.26. The van der Waals surface area contributed by atoms with Crippen molar-refractivity contribution in [3.63, 3.8) is 0 Å². The average molecular weight is 176 g/mol. The van der Waals surface area contributed by atoms with E-state index < -0.39 is 0 Å². The van der Waals surface area contributed by atoms with Crippen molar-refractivity contribution in [1.29, 1.82) is 0 Å². The summed E-state index contributed by atoms with van der Waals surface area (Å²) in [5.41, 5.74) is 1.37. The second kappa shape index (κ2) is 2.90. The van der Waals surface area contributed by atoms with Crippen LogP contribution in [0.25, 0.3) is 5.52 Å². The van der Waals surface area contributed by atoms with E-state index in [0.717, 1.165) is 11.8 Å². The van der Waals surface area contributed by atoms with E-state index >= 15 is 0 Å². The Bertz CT molecular complexity index is 448. The van der Waals surface area contributed by atoms with Gasteiger partial charge in [0.05, 0.1) is 18.8 Å². The molecule has 0 aromatic carbocycles. The Kier molecular flexibility index (Phi) is 1.73. The Labute approximate surface area is 74.7 Å². The number of ether oxygens (including phenoxy) is 1. The van der Waals surface area contributed by atoms with Gasteiger partial charge in [-0.1, -0.05) is 0 Å². The van der Waals surface area contributed by atoms with Gasteiger partial charge in [0.2, 0.25) is 5.88 Å². The van der Waals surface area contributed by atoms with Crippen molar-refractivity contribution in [3.8, 4) is 5.88 Å². The van der Waals surface area contributed by atoms with Gasteiger partial charge in [0.25, 0.3) is 0 Å². The third kappa shape index (κ3) is 1.07. The molecule has 0 aliphatic carbocycles. The lowest BCUT2D eigenvalue weighted by molar-refractivity contribution is 0.112. The van der Waals surface area contributed by atoms with Crippen LogP contribution in [0.5, 0.6) is 5.88 Å². The van der Waals surface area contributed by atoms with E-state index in [2.05, 4.69) is 5.10 Å². The second-order valence-corrected chi connectivity index (χ2v) is 2.58. The topological polar surface area (TPSA) is 43.6 Å². The van der Waals surface area contributed by atoms with Gasteiger partial charge in [-0.25, -0.2) is 4.52 Å². The summed E-state index contributed by atoms with van der Waals surface area (Å²) >= 11 is 0. The molecule has 0 radical (unpaired) electrons. The van der Waals surface area contributed by atoms with Crippen molar-refractivity contribution < 1.29 is 9.53 Å². The summed E-state index contributed by atoms with van der Waals surface area (Å²) in [6.07, 6.45) is 2.43. The van der Waals surface area contributed by atoms with Crippen molar-refractivity contribution in [2.24, 2.45) is 0 Å². The molecular weight excluding hydrogens is 168 g/mol. The second-order valence-electron chi connectivity index (χ2n) is 2.58. The van der Waals surface area contributed by atoms with E-state index in [-0.39, 0.29) is 0 Å². The third-order valence-electron chi connectivity index (χ3n) is 1.89. The molecule has 2 aromatic heterocycles. The maximum atomic E-state index is 10.6. The number of fused-ring (bicyclic) bond motifs is 1. The number of hydrogen-bond donors (Lipinski definition) is 0. The van der Waals surface area contributed by atoms with Crippen LogP contribution in [0.1, 0.15) is 10.4 Å². The lowest BCUT2D eigenvalue weighted by Crippen LogP contribution is -1.97. The minimum absolute atomic E-state index is 0.610. The molecule has 0 bridgehead atoms. The number of aromatic nitrogens is 2. The normalized spacial score (nSPS) is 10.2. The first-order valence-electron chi connectivity index (χ1n) is 3.82. The van der Waals surface area contributed by atoms with Crippen LogP contribution in [0.3, 0.4) is 0 Å². The van der Waals surface area contributed by atoms with Crippen molar-refractivity contribution in [1.82, 2.24) is 9.61 Å². The lowest BCUT2D eigenvalue weighted by Gasteiger charge is -2.03. The number of pyridine rings is 1. The van der Waals surface area contributed by atoms with Crippen LogP contribution < -0.4 is 4.74 Å². The molecule has 0 spiro atoms. The highest BCUT2D eigenvalue weighted by Crippen LogP contribution is 2.16. The number of rotatable bonds is 2. The highest BCUT2D eigenvalue weighted by atomic mass is 16.5. The van der Waals surface area contributed by atoms with Crippen molar-refractivity contribution in [2.75, 3.05) is 7.11 Å². The summed E-state index contributed by atoms with van der Waals surface area (Å²) in [6, 6.07) is 5.19. The van der Waals surface area contributed by atoms with Crippen molar-refractivity contribution in [3.05, 3.63) is 30.0 Å². The quantitative estimate of drug-likeness (QED) is 0.645. The predicted octanol–water partition coefficient (Wildman–Crippen LogP) is 1.16. The molecule has 0 N–H and O–H groups in total. The smallest absolute Gasteiger partial charge is 0.214 e. The number of carbonyl (C=O) groups excluding carboxylic acids is 1. The van der Waals surface area contributed by atoms with Crippen molar-refractivity contribution >= 4 is 11.8 Å². The fourth-order valence-electron chi connectivity index (χ4n) is 1.27. The molecule has 13 heavy (non-hydrogen) atoms. The SMILES string of the molecule is COc1ccc(C=O)c2ccnn12. The van der Waals surface area contributed by atoms with Gasteiger partial charge in [0.1, 0.15) is 0 Å². The molecule has 2 rings (SSSR count). The van der Waals surface area contributed by atoms with Gasteiger partial charge in [-0.2, -0.15) is 5.10 Å². The average Bonchev–Trinajstić information content (AvgIpc) is 2.64. The Hall–Kier alpha value is -1.84. The molecule has 0 unspecified atom stereocenters. The summed E-state index contributed by atoms with van der Waals surface area (Å²) in [6.45, 7) is 0. The monoisotopic (exact) mass is 176 g/mol. The van der Waals surface area contributed by atoms with E-state index in [9.17, 15) is 4.79 Å². The largest absolute Gasteiger partial charge is 0.481 e. The molecule has 4 heteroatoms. The molecule has 0 atom stereocenters. The fraction of sp³-hybridized carbons (Fsp3) is 0.111. The van der Waals surface area contributed by atoms with Crippen LogP contribution in [0, 0.1) is 0 Å². The van der Waals surface area contributed by atoms with Crippen LogP contribution in [-0.4, -0.2) is 23.0 Å². The molecule has 0 aliphatic heterocycles. The van der Waals surface area contributed by atoms with E-state index in [1.807, 2.05) is 0 Å². The molecule has 0 aliphatic rings. The maximum absolute atomic E-state index is 10.6. The Balaban J connectivity index is 2.81. The Morgan fingerprint density at radius 1 is 1.46 bits per heavy atom. The first-order chi connectivity index (χ1) is 6.36. The van der Waals surface area contributed by atoms with Crippen LogP contribution in [-0.2, 0) is 0 Å². The zero-order valence-electron chi connectivity index (χ0n) is 7.10. The van der Waals surface area contributed by atoms with E-state index in [4.69, 9.17) is 4.74 Å². The summed E-state index contributed by atoms with van der Waals surface area (Å²) in [5.74, 6) is 0.616. The minimum Gasteiger partial charge on any atom is -0.481 e. The molecule has 0 saturated heterocycles. The first-order valence-corrected chi connectivity index (χ1v) is 3.82. The van der Waals surface area contributed by atoms with Gasteiger partial charge in [-0.05, 0) is 12.1 Å². The Morgan fingerprint density at radius 3 is 3.00 bits per heavy atom. The summed E-state index contributed by atoms with van der Waals surface area (Å²) < 4.78 is 6.66. The summed E-state index contributed by atoms with van der Waals surface area (Å²) in [5, 5.41) is 4.03. The first kappa shape index (κ1) is 7.79. The van der Waals surface area contributed by atoms with Gasteiger partial charge in [-0.15, -0.1) is 0 Å². The maximum Gasteiger partial charge on any atom is 0.214 e. The fourth-order valence-corrected chi connectivity index (χ4v) is 1.27. The Morgan fingerprint density at radius 2 is 2.31 bits per heavy atom. The van der Waals surface area contributed by atoms with E-state index in [1.165, 1.54) is 0 Å². The van der Waals surface area contributed by atoms with Crippen LogP contribution in [0.15, 0.2) is 24.4 Å². The summed E-state index contributed by atoms with van der Waals surface area (Å²) in [4.78, 5) is 10.6. The molecule has 0 amide bonds. The van der Waals surface area contributed by atoms with Gasteiger partial charge in [0, 0.05) is 11.6 Å². The van der Waals surface area contributed by atoms with Gasteiger partial charge < -0.3 is 4.74 Å². The highest BCUT2D eigenvalue weighted by Gasteiger charge is 2.04. The molecule has 66 valence electrons. The predicted molar refractivity (Wildman–Crippen MR) is 47.1 cm³/mol. The van der Waals surface area contributed by atoms with Gasteiger partial charge >= 0.3 is 0 Å². The standard InChI is InChI=1S/C9H8N2O2/c1-13-9-3-2-7(6-12)8-4-5-10-11(8)9/h2-6H,1H3. The lowest BCUT2D eigenvalue weighted by atomic mass is 10.2. The van der Waals surface area contributed by atoms with Crippen molar-refractivity contribution in [2.45, 2.75) is 0 Å². The molecule has 2 aromatic rings. The van der Waals surface area contributed by atoms with Crippen LogP contribution >= 0.6 is 0 Å². The molecule has 4 nitrogen and oxygen atoms in total. The van der Waals surface area contributed by atoms with Gasteiger partial charge in [-0.3, -0.25) is 4.79 Å². The summed E-state index contributed by atoms with van der Waals surface area (Å²) in [7, 11) is 1.57. The van der Waals surface area contributed by atoms with Gasteiger partial charge in [0.15, 0.2) is 6.29 Å². The highest BCUT2D eigenvalue weighted by molar-refractivity contribution is 5.86.